The second-order valence-electron chi connectivity index (χ2n) is 6.20. The molecule has 0 radical (unpaired) electrons. The van der Waals surface area contributed by atoms with Crippen LogP contribution in [-0.2, 0) is 0 Å². The average Bonchev–Trinajstić information content (AvgIpc) is 2.73. The van der Waals surface area contributed by atoms with Gasteiger partial charge in [-0.25, -0.2) is 4.79 Å². The van der Waals surface area contributed by atoms with E-state index in [0.717, 1.165) is 0 Å². The normalized spacial score (nSPS) is 14.0. The Morgan fingerprint density at radius 2 is 1.30 bits per heavy atom. The second kappa shape index (κ2) is 7.90. The Bertz CT molecular complexity index is 872. The predicted octanol–water partition coefficient (Wildman–Crippen LogP) is 1.99. The molecule has 0 bridgehead atoms. The van der Waals surface area contributed by atoms with Gasteiger partial charge in [0.1, 0.15) is 5.75 Å². The molecule has 0 unspecified atom stereocenters. The molecule has 7 heteroatoms. The summed E-state index contributed by atoms with van der Waals surface area (Å²) in [6, 6.07) is 12.9. The monoisotopic (exact) mass is 368 g/mol. The Labute approximate surface area is 156 Å². The van der Waals surface area contributed by atoms with E-state index in [-0.39, 0.29) is 17.4 Å². The van der Waals surface area contributed by atoms with Gasteiger partial charge < -0.3 is 19.6 Å². The number of ether oxygens (including phenoxy) is 1. The molecule has 1 saturated heterocycles. The molecule has 27 heavy (non-hydrogen) atoms. The van der Waals surface area contributed by atoms with Crippen LogP contribution in [-0.4, -0.2) is 66.0 Å². The first-order chi connectivity index (χ1) is 13.0. The van der Waals surface area contributed by atoms with Crippen molar-refractivity contribution in [1.82, 2.24) is 9.80 Å². The molecular weight excluding hydrogens is 348 g/mol. The Hall–Kier alpha value is -3.35. The van der Waals surface area contributed by atoms with Gasteiger partial charge in [0.05, 0.1) is 12.7 Å². The molecule has 2 aromatic carbocycles. The predicted molar refractivity (Wildman–Crippen MR) is 98.2 cm³/mol. The molecule has 0 aromatic heterocycles. The molecule has 1 aliphatic heterocycles. The number of rotatable bonds is 4. The van der Waals surface area contributed by atoms with Crippen molar-refractivity contribution in [3.8, 4) is 5.75 Å². The molecule has 0 saturated carbocycles. The number of amides is 2. The Morgan fingerprint density at radius 1 is 0.815 bits per heavy atom. The molecule has 0 atom stereocenters. The van der Waals surface area contributed by atoms with E-state index >= 15 is 0 Å². The lowest BCUT2D eigenvalue weighted by molar-refractivity contribution is 0.0535. The molecular formula is C20H20N2O5. The van der Waals surface area contributed by atoms with E-state index < -0.39 is 5.97 Å². The summed E-state index contributed by atoms with van der Waals surface area (Å²) in [5.41, 5.74) is 0.957. The minimum absolute atomic E-state index is 0.0766. The minimum atomic E-state index is -1.07. The second-order valence-corrected chi connectivity index (χ2v) is 6.20. The van der Waals surface area contributed by atoms with E-state index in [9.17, 15) is 14.4 Å². The van der Waals surface area contributed by atoms with Crippen LogP contribution in [0.2, 0.25) is 0 Å². The number of methoxy groups -OCH3 is 1. The summed E-state index contributed by atoms with van der Waals surface area (Å²) in [7, 11) is 1.55. The van der Waals surface area contributed by atoms with Crippen LogP contribution in [0.1, 0.15) is 31.1 Å². The summed E-state index contributed by atoms with van der Waals surface area (Å²) >= 11 is 0. The van der Waals surface area contributed by atoms with Gasteiger partial charge in [-0.3, -0.25) is 9.59 Å². The SMILES string of the molecule is COc1cccc(C(=O)N2CCN(C(=O)c3cccc(C(=O)O)c3)CC2)c1. The van der Waals surface area contributed by atoms with E-state index in [2.05, 4.69) is 0 Å². The first-order valence-electron chi connectivity index (χ1n) is 8.55. The Kier molecular flexibility index (Phi) is 5.40. The average molecular weight is 368 g/mol. The van der Waals surface area contributed by atoms with Crippen LogP contribution in [0.5, 0.6) is 5.75 Å². The van der Waals surface area contributed by atoms with Gasteiger partial charge >= 0.3 is 5.97 Å². The minimum Gasteiger partial charge on any atom is -0.497 e. The van der Waals surface area contributed by atoms with Gasteiger partial charge in [-0.05, 0) is 36.4 Å². The topological polar surface area (TPSA) is 87.2 Å². The van der Waals surface area contributed by atoms with Crippen LogP contribution < -0.4 is 4.74 Å². The van der Waals surface area contributed by atoms with Crippen LogP contribution in [0.25, 0.3) is 0 Å². The van der Waals surface area contributed by atoms with Crippen molar-refractivity contribution in [3.63, 3.8) is 0 Å². The van der Waals surface area contributed by atoms with Crippen LogP contribution >= 0.6 is 0 Å². The third-order valence-corrected chi connectivity index (χ3v) is 4.53. The lowest BCUT2D eigenvalue weighted by Crippen LogP contribution is -2.50. The highest BCUT2D eigenvalue weighted by atomic mass is 16.5. The summed E-state index contributed by atoms with van der Waals surface area (Å²) in [6.07, 6.45) is 0. The van der Waals surface area contributed by atoms with Crippen LogP contribution in [0.4, 0.5) is 0 Å². The fourth-order valence-electron chi connectivity index (χ4n) is 3.02. The van der Waals surface area contributed by atoms with Crippen molar-refractivity contribution in [2.45, 2.75) is 0 Å². The Balaban J connectivity index is 1.64. The number of hydrogen-bond donors (Lipinski definition) is 1. The van der Waals surface area contributed by atoms with E-state index in [1.165, 1.54) is 12.1 Å². The summed E-state index contributed by atoms with van der Waals surface area (Å²) < 4.78 is 5.15. The zero-order valence-electron chi connectivity index (χ0n) is 14.9. The number of benzene rings is 2. The lowest BCUT2D eigenvalue weighted by Gasteiger charge is -2.35. The molecule has 140 valence electrons. The van der Waals surface area contributed by atoms with Gasteiger partial charge in [0.25, 0.3) is 11.8 Å². The summed E-state index contributed by atoms with van der Waals surface area (Å²) in [5, 5.41) is 9.06. The number of carboxylic acids is 1. The molecule has 0 aliphatic carbocycles. The van der Waals surface area contributed by atoms with Crippen molar-refractivity contribution >= 4 is 17.8 Å². The maximum atomic E-state index is 12.6. The number of carboxylic acid groups (broad SMARTS) is 1. The number of carbonyl (C=O) groups is 3. The highest BCUT2D eigenvalue weighted by molar-refractivity contribution is 5.98. The molecule has 1 aliphatic rings. The summed E-state index contributed by atoms with van der Waals surface area (Å²) in [6.45, 7) is 1.62. The molecule has 2 amide bonds. The smallest absolute Gasteiger partial charge is 0.335 e. The van der Waals surface area contributed by atoms with Crippen molar-refractivity contribution in [1.29, 1.82) is 0 Å². The quantitative estimate of drug-likeness (QED) is 0.892. The molecule has 7 nitrogen and oxygen atoms in total. The third kappa shape index (κ3) is 4.08. The van der Waals surface area contributed by atoms with E-state index in [4.69, 9.17) is 9.84 Å². The van der Waals surface area contributed by atoms with Gasteiger partial charge in [-0.2, -0.15) is 0 Å². The maximum absolute atomic E-state index is 12.6. The number of piperazine rings is 1. The molecule has 1 heterocycles. The fourth-order valence-corrected chi connectivity index (χ4v) is 3.02. The zero-order chi connectivity index (χ0) is 19.4. The molecule has 0 spiro atoms. The van der Waals surface area contributed by atoms with Crippen LogP contribution in [0.3, 0.4) is 0 Å². The fraction of sp³-hybridized carbons (Fsp3) is 0.250. The molecule has 1 fully saturated rings. The number of hydrogen-bond acceptors (Lipinski definition) is 4. The van der Waals surface area contributed by atoms with Crippen molar-refractivity contribution in [3.05, 3.63) is 65.2 Å². The van der Waals surface area contributed by atoms with Crippen molar-refractivity contribution < 1.29 is 24.2 Å². The highest BCUT2D eigenvalue weighted by Crippen LogP contribution is 2.16. The zero-order valence-corrected chi connectivity index (χ0v) is 14.9. The van der Waals surface area contributed by atoms with Crippen molar-refractivity contribution in [2.75, 3.05) is 33.3 Å². The van der Waals surface area contributed by atoms with Crippen LogP contribution in [0.15, 0.2) is 48.5 Å². The summed E-state index contributed by atoms with van der Waals surface area (Å²) in [4.78, 5) is 39.7. The van der Waals surface area contributed by atoms with Gasteiger partial charge in [0.2, 0.25) is 0 Å². The van der Waals surface area contributed by atoms with Crippen molar-refractivity contribution in [2.24, 2.45) is 0 Å². The maximum Gasteiger partial charge on any atom is 0.335 e. The van der Waals surface area contributed by atoms with Crippen LogP contribution in [0, 0.1) is 0 Å². The first kappa shape index (κ1) is 18.4. The van der Waals surface area contributed by atoms with E-state index in [1.807, 2.05) is 0 Å². The lowest BCUT2D eigenvalue weighted by atomic mass is 10.1. The molecule has 2 aromatic rings. The highest BCUT2D eigenvalue weighted by Gasteiger charge is 2.26. The largest absolute Gasteiger partial charge is 0.497 e. The molecule has 1 N–H and O–H groups in total. The van der Waals surface area contributed by atoms with E-state index in [0.29, 0.717) is 43.1 Å². The first-order valence-corrected chi connectivity index (χ1v) is 8.55. The third-order valence-electron chi connectivity index (χ3n) is 4.53. The number of aromatic carboxylic acids is 1. The Morgan fingerprint density at radius 3 is 1.81 bits per heavy atom. The van der Waals surface area contributed by atoms with Gasteiger partial charge in [0, 0.05) is 37.3 Å². The number of nitrogens with zero attached hydrogens (tertiary/aromatic N) is 2. The number of carbonyl (C=O) groups excluding carboxylic acids is 2. The van der Waals surface area contributed by atoms with Gasteiger partial charge in [-0.1, -0.05) is 12.1 Å². The van der Waals surface area contributed by atoms with E-state index in [1.54, 1.807) is 53.3 Å². The van der Waals surface area contributed by atoms with Gasteiger partial charge in [0.15, 0.2) is 0 Å². The van der Waals surface area contributed by atoms with Gasteiger partial charge in [-0.15, -0.1) is 0 Å². The summed E-state index contributed by atoms with van der Waals surface area (Å²) in [5.74, 6) is -0.785. The molecule has 3 rings (SSSR count). The standard InChI is InChI=1S/C20H20N2O5/c1-27-17-7-3-5-15(13-17)19(24)22-10-8-21(9-11-22)18(23)14-4-2-6-16(12-14)20(25)26/h2-7,12-13H,8-11H2,1H3,(H,25,26).